The van der Waals surface area contributed by atoms with Crippen molar-refractivity contribution in [3.63, 3.8) is 0 Å². The monoisotopic (exact) mass is 356 g/mol. The highest BCUT2D eigenvalue weighted by Crippen LogP contribution is 2.31. The average molecular weight is 357 g/mol. The molecule has 22 heavy (non-hydrogen) atoms. The molecule has 1 saturated heterocycles. The van der Waals surface area contributed by atoms with Crippen molar-refractivity contribution in [1.82, 2.24) is 4.90 Å². The molecule has 4 nitrogen and oxygen atoms in total. The largest absolute Gasteiger partial charge is 0.365 e. The number of nitrogens with zero attached hydrogens (tertiary/aromatic N) is 2. The van der Waals surface area contributed by atoms with Crippen LogP contribution < -0.4 is 0 Å². The summed E-state index contributed by atoms with van der Waals surface area (Å²) in [4.78, 5) is 1.92. The summed E-state index contributed by atoms with van der Waals surface area (Å²) in [6, 6.07) is 7.80. The number of thioether (sulfide) groups is 1. The number of hydrogen-bond donors (Lipinski definition) is 0. The van der Waals surface area contributed by atoms with E-state index in [4.69, 9.17) is 11.6 Å². The molecule has 1 aromatic rings. The molecule has 0 atom stereocenters. The van der Waals surface area contributed by atoms with Crippen molar-refractivity contribution < 1.29 is 8.42 Å². The molecule has 0 radical (unpaired) electrons. The van der Waals surface area contributed by atoms with Crippen LogP contribution in [0, 0.1) is 11.3 Å². The van der Waals surface area contributed by atoms with E-state index < -0.39 is 9.84 Å². The molecule has 118 valence electrons. The van der Waals surface area contributed by atoms with Crippen molar-refractivity contribution in [1.29, 1.82) is 5.26 Å². The van der Waals surface area contributed by atoms with Crippen molar-refractivity contribution in [3.8, 4) is 6.07 Å². The van der Waals surface area contributed by atoms with Gasteiger partial charge in [-0.25, -0.2) is 8.42 Å². The molecule has 0 bridgehead atoms. The zero-order valence-electron chi connectivity index (χ0n) is 12.3. The van der Waals surface area contributed by atoms with Crippen LogP contribution in [-0.2, 0) is 9.84 Å². The molecule has 0 aliphatic carbocycles. The van der Waals surface area contributed by atoms with Crippen LogP contribution in [0.2, 0.25) is 5.02 Å². The first-order valence-corrected chi connectivity index (χ1v) is 10.0. The summed E-state index contributed by atoms with van der Waals surface area (Å²) in [6.07, 6.45) is 4.98. The third-order valence-corrected chi connectivity index (χ3v) is 6.47. The first-order valence-electron chi connectivity index (χ1n) is 6.94. The van der Waals surface area contributed by atoms with Crippen molar-refractivity contribution in [2.75, 3.05) is 19.3 Å². The van der Waals surface area contributed by atoms with Crippen LogP contribution in [0.3, 0.4) is 0 Å². The summed E-state index contributed by atoms with van der Waals surface area (Å²) in [6.45, 7) is 1.58. The Morgan fingerprint density at radius 3 is 2.32 bits per heavy atom. The molecule has 0 spiro atoms. The Morgan fingerprint density at radius 1 is 1.23 bits per heavy atom. The molecule has 0 unspecified atom stereocenters. The highest BCUT2D eigenvalue weighted by Gasteiger charge is 2.28. The van der Waals surface area contributed by atoms with E-state index in [2.05, 4.69) is 0 Å². The molecule has 1 aromatic carbocycles. The number of sulfone groups is 1. The predicted octanol–water partition coefficient (Wildman–Crippen LogP) is 3.66. The highest BCUT2D eigenvalue weighted by molar-refractivity contribution is 8.04. The molecule has 0 saturated carbocycles. The Morgan fingerprint density at radius 2 is 1.82 bits per heavy atom. The van der Waals surface area contributed by atoms with Crippen LogP contribution in [0.1, 0.15) is 19.3 Å². The number of allylic oxidation sites excluding steroid dienone is 1. The number of nitriles is 1. The molecule has 0 amide bonds. The Labute approximate surface area is 140 Å². The molecule has 7 heteroatoms. The summed E-state index contributed by atoms with van der Waals surface area (Å²) in [7, 11) is -3.83. The number of hydrogen-bond acceptors (Lipinski definition) is 5. The number of rotatable bonds is 4. The highest BCUT2D eigenvalue weighted by atomic mass is 35.5. The van der Waals surface area contributed by atoms with Crippen LogP contribution in [-0.4, -0.2) is 32.7 Å². The van der Waals surface area contributed by atoms with Gasteiger partial charge >= 0.3 is 0 Å². The maximum absolute atomic E-state index is 12.8. The standard InChI is InChI=1S/C15H17ClN2O2S2/c1-21-15(18-9-3-2-4-10-18)14(11-17)22(19,20)13-7-5-12(16)6-8-13/h5-8H,2-4,9-10H2,1H3. The van der Waals surface area contributed by atoms with Crippen LogP contribution in [0.4, 0.5) is 0 Å². The normalized spacial score (nSPS) is 16.9. The second kappa shape index (κ2) is 7.40. The van der Waals surface area contributed by atoms with E-state index in [-0.39, 0.29) is 9.80 Å². The van der Waals surface area contributed by atoms with Gasteiger partial charge in [-0.3, -0.25) is 0 Å². The molecule has 0 N–H and O–H groups in total. The maximum Gasteiger partial charge on any atom is 0.219 e. The van der Waals surface area contributed by atoms with Crippen LogP contribution >= 0.6 is 23.4 Å². The zero-order chi connectivity index (χ0) is 16.2. The molecular weight excluding hydrogens is 340 g/mol. The van der Waals surface area contributed by atoms with Gasteiger partial charge in [0.05, 0.1) is 4.90 Å². The Hall–Kier alpha value is -1.16. The second-order valence-electron chi connectivity index (χ2n) is 4.96. The second-order valence-corrected chi connectivity index (χ2v) is 8.07. The van der Waals surface area contributed by atoms with Crippen LogP contribution in [0.15, 0.2) is 39.1 Å². The van der Waals surface area contributed by atoms with E-state index in [1.807, 2.05) is 11.0 Å². The van der Waals surface area contributed by atoms with Crippen LogP contribution in [0.25, 0.3) is 0 Å². The molecular formula is C15H17ClN2O2S2. The van der Waals surface area contributed by atoms with Gasteiger partial charge in [0.25, 0.3) is 0 Å². The lowest BCUT2D eigenvalue weighted by Crippen LogP contribution is -2.29. The molecule has 1 aliphatic heterocycles. The van der Waals surface area contributed by atoms with Gasteiger partial charge in [0.2, 0.25) is 9.84 Å². The Bertz CT molecular complexity index is 700. The lowest BCUT2D eigenvalue weighted by atomic mass is 10.1. The zero-order valence-corrected chi connectivity index (χ0v) is 14.6. The molecule has 2 rings (SSSR count). The quantitative estimate of drug-likeness (QED) is 0.770. The van der Waals surface area contributed by atoms with Crippen molar-refractivity contribution in [2.24, 2.45) is 0 Å². The minimum Gasteiger partial charge on any atom is -0.365 e. The molecule has 1 fully saturated rings. The van der Waals surface area contributed by atoms with Gasteiger partial charge in [0.15, 0.2) is 4.91 Å². The van der Waals surface area contributed by atoms with Gasteiger partial charge < -0.3 is 4.90 Å². The van der Waals surface area contributed by atoms with Gasteiger partial charge in [0.1, 0.15) is 11.1 Å². The Balaban J connectivity index is 2.49. The first-order chi connectivity index (χ1) is 10.5. The van der Waals surface area contributed by atoms with E-state index >= 15 is 0 Å². The summed E-state index contributed by atoms with van der Waals surface area (Å²) in [5.74, 6) is 0. The van der Waals surface area contributed by atoms with E-state index in [0.717, 1.165) is 32.4 Å². The van der Waals surface area contributed by atoms with Crippen LogP contribution in [0.5, 0.6) is 0 Å². The summed E-state index contributed by atoms with van der Waals surface area (Å²) >= 11 is 7.11. The fourth-order valence-electron chi connectivity index (χ4n) is 2.42. The summed E-state index contributed by atoms with van der Waals surface area (Å²) < 4.78 is 25.5. The molecule has 1 heterocycles. The Kier molecular flexibility index (Phi) is 5.79. The topological polar surface area (TPSA) is 61.2 Å². The first kappa shape index (κ1) is 17.2. The number of likely N-dealkylation sites (tertiary alicyclic amines) is 1. The van der Waals surface area contributed by atoms with E-state index in [0.29, 0.717) is 10.1 Å². The van der Waals surface area contributed by atoms with Gasteiger partial charge in [-0.05, 0) is 49.8 Å². The maximum atomic E-state index is 12.8. The van der Waals surface area contributed by atoms with E-state index in [1.165, 1.54) is 36.0 Å². The molecule has 1 aliphatic rings. The van der Waals surface area contributed by atoms with E-state index in [9.17, 15) is 13.7 Å². The number of benzene rings is 1. The average Bonchev–Trinajstić information content (AvgIpc) is 2.53. The smallest absolute Gasteiger partial charge is 0.219 e. The minimum atomic E-state index is -3.83. The van der Waals surface area contributed by atoms with Crippen molar-refractivity contribution in [2.45, 2.75) is 24.2 Å². The predicted molar refractivity (Wildman–Crippen MR) is 90.2 cm³/mol. The van der Waals surface area contributed by atoms with Gasteiger partial charge in [-0.15, -0.1) is 11.8 Å². The fraction of sp³-hybridized carbons (Fsp3) is 0.400. The molecule has 0 aromatic heterocycles. The third kappa shape index (κ3) is 3.60. The number of piperidine rings is 1. The van der Waals surface area contributed by atoms with Gasteiger partial charge in [-0.2, -0.15) is 5.26 Å². The summed E-state index contributed by atoms with van der Waals surface area (Å²) in [5, 5.41) is 10.5. The van der Waals surface area contributed by atoms with E-state index in [1.54, 1.807) is 6.26 Å². The van der Waals surface area contributed by atoms with Crippen molar-refractivity contribution in [3.05, 3.63) is 39.2 Å². The minimum absolute atomic E-state index is 0.0945. The third-order valence-electron chi connectivity index (χ3n) is 3.53. The van der Waals surface area contributed by atoms with Gasteiger partial charge in [-0.1, -0.05) is 11.6 Å². The SMILES string of the molecule is CSC(=C(C#N)S(=O)(=O)c1ccc(Cl)cc1)N1CCCCC1. The summed E-state index contributed by atoms with van der Waals surface area (Å²) in [5.41, 5.74) is 0. The van der Waals surface area contributed by atoms with Gasteiger partial charge in [0, 0.05) is 18.1 Å². The lowest BCUT2D eigenvalue weighted by molar-refractivity contribution is 0.302. The lowest BCUT2D eigenvalue weighted by Gasteiger charge is -2.30. The fourth-order valence-corrected chi connectivity index (χ4v) is 5.00. The number of halogens is 1. The van der Waals surface area contributed by atoms with Crippen molar-refractivity contribution >= 4 is 33.2 Å².